The molecule has 0 aliphatic carbocycles. The molecule has 1 amide bonds. The van der Waals surface area contributed by atoms with Crippen molar-refractivity contribution in [3.8, 4) is 0 Å². The molecule has 0 radical (unpaired) electrons. The van der Waals surface area contributed by atoms with Gasteiger partial charge in [-0.25, -0.2) is 0 Å². The molecule has 0 saturated carbocycles. The third-order valence-corrected chi connectivity index (χ3v) is 7.34. The van der Waals surface area contributed by atoms with Gasteiger partial charge in [0.2, 0.25) is 5.91 Å². The molecule has 1 N–H and O–H groups in total. The first-order chi connectivity index (χ1) is 14.6. The lowest BCUT2D eigenvalue weighted by atomic mass is 9.68. The van der Waals surface area contributed by atoms with Crippen LogP contribution in [-0.4, -0.2) is 41.2 Å². The highest BCUT2D eigenvalue weighted by molar-refractivity contribution is 5.81. The predicted molar refractivity (Wildman–Crippen MR) is 122 cm³/mol. The number of benzene rings is 1. The molecular formula is C25H40N2O4. The number of carbonyl (C=O) groups excluding carboxylic acids is 2. The number of methoxy groups -OCH3 is 1. The minimum Gasteiger partial charge on any atom is -0.469 e. The molecule has 0 aromatic heterocycles. The van der Waals surface area contributed by atoms with E-state index in [4.69, 9.17) is 4.84 Å². The van der Waals surface area contributed by atoms with E-state index in [9.17, 15) is 9.59 Å². The van der Waals surface area contributed by atoms with Gasteiger partial charge in [0, 0.05) is 23.5 Å². The fourth-order valence-electron chi connectivity index (χ4n) is 4.69. The van der Waals surface area contributed by atoms with Gasteiger partial charge in [-0.05, 0) is 51.5 Å². The summed E-state index contributed by atoms with van der Waals surface area (Å²) in [7, 11) is 1.34. The Hall–Kier alpha value is -1.92. The molecule has 2 rings (SSSR count). The maximum absolute atomic E-state index is 12.6. The number of esters is 1. The number of piperidine rings is 1. The summed E-state index contributed by atoms with van der Waals surface area (Å²) >= 11 is 0. The summed E-state index contributed by atoms with van der Waals surface area (Å²) in [5.74, 6) is -0.300. The van der Waals surface area contributed by atoms with Gasteiger partial charge >= 0.3 is 5.97 Å². The molecule has 1 fully saturated rings. The maximum Gasteiger partial charge on any atom is 0.306 e. The fraction of sp³-hybridized carbons (Fsp3) is 0.680. The third kappa shape index (κ3) is 5.66. The second kappa shape index (κ2) is 10.6. The first-order valence-corrected chi connectivity index (χ1v) is 11.5. The Kier molecular flexibility index (Phi) is 8.66. The van der Waals surface area contributed by atoms with Gasteiger partial charge in [-0.15, -0.1) is 0 Å². The Morgan fingerprint density at radius 3 is 2.35 bits per heavy atom. The van der Waals surface area contributed by atoms with E-state index < -0.39 is 0 Å². The summed E-state index contributed by atoms with van der Waals surface area (Å²) in [5, 5.41) is 5.43. The highest BCUT2D eigenvalue weighted by Crippen LogP contribution is 2.47. The number of nitrogens with zero attached hydrogens (tertiary/aromatic N) is 1. The molecule has 0 bridgehead atoms. The van der Waals surface area contributed by atoms with Gasteiger partial charge in [0.05, 0.1) is 13.5 Å². The van der Waals surface area contributed by atoms with E-state index in [1.54, 1.807) is 0 Å². The standard InChI is InChI=1S/C25H40N2O4/c1-8-24(5)17-21(26-22(28)15-16-23(29)30-7)18(3)25(6,9-2)27(24)31-19(4)20-13-11-10-12-14-20/h10-14,18-19,21H,8-9,15-17H2,1-7H3,(H,26,28). The molecule has 1 aliphatic heterocycles. The molecule has 174 valence electrons. The molecule has 1 aromatic carbocycles. The summed E-state index contributed by atoms with van der Waals surface area (Å²) < 4.78 is 4.66. The van der Waals surface area contributed by atoms with Gasteiger partial charge in [0.1, 0.15) is 6.10 Å². The number of nitrogens with one attached hydrogen (secondary N) is 1. The Labute approximate surface area is 187 Å². The summed E-state index contributed by atoms with van der Waals surface area (Å²) in [6, 6.07) is 10.3. The quantitative estimate of drug-likeness (QED) is 0.568. The molecule has 0 spiro atoms. The van der Waals surface area contributed by atoms with Gasteiger partial charge in [0.25, 0.3) is 0 Å². The minimum atomic E-state index is -0.363. The zero-order valence-corrected chi connectivity index (χ0v) is 20.2. The van der Waals surface area contributed by atoms with Crippen molar-refractivity contribution in [1.82, 2.24) is 10.4 Å². The van der Waals surface area contributed by atoms with Crippen LogP contribution in [0.25, 0.3) is 0 Å². The van der Waals surface area contributed by atoms with Crippen LogP contribution in [0.2, 0.25) is 0 Å². The van der Waals surface area contributed by atoms with Gasteiger partial charge < -0.3 is 10.1 Å². The first kappa shape index (κ1) is 25.3. The molecular weight excluding hydrogens is 392 g/mol. The average Bonchev–Trinajstić information content (AvgIpc) is 2.78. The first-order valence-electron chi connectivity index (χ1n) is 11.5. The van der Waals surface area contributed by atoms with Crippen molar-refractivity contribution in [2.75, 3.05) is 7.11 Å². The van der Waals surface area contributed by atoms with Crippen molar-refractivity contribution < 1.29 is 19.2 Å². The van der Waals surface area contributed by atoms with Gasteiger partial charge in [0.15, 0.2) is 0 Å². The number of amides is 1. The van der Waals surface area contributed by atoms with Crippen molar-refractivity contribution >= 4 is 11.9 Å². The van der Waals surface area contributed by atoms with E-state index in [1.165, 1.54) is 7.11 Å². The number of ether oxygens (including phenoxy) is 1. The average molecular weight is 433 g/mol. The Morgan fingerprint density at radius 2 is 1.81 bits per heavy atom. The Morgan fingerprint density at radius 1 is 1.16 bits per heavy atom. The largest absolute Gasteiger partial charge is 0.469 e. The van der Waals surface area contributed by atoms with Crippen molar-refractivity contribution in [1.29, 1.82) is 0 Å². The lowest BCUT2D eigenvalue weighted by Gasteiger charge is -2.60. The monoisotopic (exact) mass is 432 g/mol. The second-order valence-electron chi connectivity index (χ2n) is 9.26. The SMILES string of the molecule is CCC1(C)CC(NC(=O)CCC(=O)OC)C(C)C(C)(CC)N1OC(C)c1ccccc1. The number of hydroxylamine groups is 2. The molecule has 5 unspecified atom stereocenters. The Balaban J connectivity index is 2.23. The van der Waals surface area contributed by atoms with E-state index >= 15 is 0 Å². The van der Waals surface area contributed by atoms with E-state index in [2.05, 4.69) is 68.8 Å². The number of carbonyl (C=O) groups is 2. The number of hydrogen-bond donors (Lipinski definition) is 1. The zero-order valence-electron chi connectivity index (χ0n) is 20.2. The van der Waals surface area contributed by atoms with Crippen molar-refractivity contribution in [2.45, 2.75) is 96.9 Å². The van der Waals surface area contributed by atoms with Crippen LogP contribution >= 0.6 is 0 Å². The van der Waals surface area contributed by atoms with Gasteiger partial charge in [-0.1, -0.05) is 51.1 Å². The number of rotatable bonds is 9. The van der Waals surface area contributed by atoms with Crippen LogP contribution in [0.15, 0.2) is 30.3 Å². The van der Waals surface area contributed by atoms with E-state index in [1.807, 2.05) is 18.2 Å². The van der Waals surface area contributed by atoms with Crippen LogP contribution in [0.1, 0.15) is 85.3 Å². The Bertz CT molecular complexity index is 740. The van der Waals surface area contributed by atoms with E-state index in [0.717, 1.165) is 24.8 Å². The predicted octanol–water partition coefficient (Wildman–Crippen LogP) is 4.80. The fourth-order valence-corrected chi connectivity index (χ4v) is 4.69. The van der Waals surface area contributed by atoms with Crippen LogP contribution in [0, 0.1) is 5.92 Å². The topological polar surface area (TPSA) is 67.9 Å². The summed E-state index contributed by atoms with van der Waals surface area (Å²) in [6.07, 6.45) is 2.74. The van der Waals surface area contributed by atoms with Crippen LogP contribution in [0.5, 0.6) is 0 Å². The smallest absolute Gasteiger partial charge is 0.306 e. The van der Waals surface area contributed by atoms with Crippen LogP contribution in [-0.2, 0) is 19.2 Å². The molecule has 1 aliphatic rings. The molecule has 6 heteroatoms. The minimum absolute atomic E-state index is 0.00642. The van der Waals surface area contributed by atoms with Crippen molar-refractivity contribution in [3.05, 3.63) is 35.9 Å². The van der Waals surface area contributed by atoms with Gasteiger partial charge in [-0.2, -0.15) is 5.06 Å². The van der Waals surface area contributed by atoms with Crippen molar-refractivity contribution in [2.24, 2.45) is 5.92 Å². The highest BCUT2D eigenvalue weighted by Gasteiger charge is 2.54. The molecule has 1 heterocycles. The lowest BCUT2D eigenvalue weighted by Crippen LogP contribution is -2.70. The highest BCUT2D eigenvalue weighted by atomic mass is 16.7. The zero-order chi connectivity index (χ0) is 23.2. The number of hydrogen-bond acceptors (Lipinski definition) is 5. The van der Waals surface area contributed by atoms with E-state index in [0.29, 0.717) is 0 Å². The van der Waals surface area contributed by atoms with E-state index in [-0.39, 0.29) is 53.9 Å². The molecule has 31 heavy (non-hydrogen) atoms. The third-order valence-electron chi connectivity index (χ3n) is 7.34. The second-order valence-corrected chi connectivity index (χ2v) is 9.26. The molecule has 1 aromatic rings. The van der Waals surface area contributed by atoms with Crippen LogP contribution in [0.3, 0.4) is 0 Å². The summed E-state index contributed by atoms with van der Waals surface area (Å²) in [4.78, 5) is 30.6. The van der Waals surface area contributed by atoms with Crippen molar-refractivity contribution in [3.63, 3.8) is 0 Å². The van der Waals surface area contributed by atoms with Crippen LogP contribution in [0.4, 0.5) is 0 Å². The van der Waals surface area contributed by atoms with Gasteiger partial charge in [-0.3, -0.25) is 14.4 Å². The normalized spacial score (nSPS) is 29.9. The maximum atomic E-state index is 12.6. The summed E-state index contributed by atoms with van der Waals surface area (Å²) in [5.41, 5.74) is 0.651. The van der Waals surface area contributed by atoms with Crippen LogP contribution < -0.4 is 5.32 Å². The molecule has 6 nitrogen and oxygen atoms in total. The lowest BCUT2D eigenvalue weighted by molar-refractivity contribution is -0.327. The summed E-state index contributed by atoms with van der Waals surface area (Å²) in [6.45, 7) is 13.1. The molecule has 5 atom stereocenters. The molecule has 1 saturated heterocycles.